The van der Waals surface area contributed by atoms with Crippen LogP contribution in [0.3, 0.4) is 0 Å². The Morgan fingerprint density at radius 3 is 2.56 bits per heavy atom. The highest BCUT2D eigenvalue weighted by atomic mass is 79.9. The number of rotatable bonds is 6. The Morgan fingerprint density at radius 1 is 1.06 bits per heavy atom. The summed E-state index contributed by atoms with van der Waals surface area (Å²) in [5, 5.41) is 15.9. The van der Waals surface area contributed by atoms with Gasteiger partial charge in [0.25, 0.3) is 5.56 Å². The van der Waals surface area contributed by atoms with Crippen LogP contribution < -0.4 is 16.0 Å². The van der Waals surface area contributed by atoms with Crippen molar-refractivity contribution in [3.05, 3.63) is 110 Å². The molecule has 4 aromatic rings. The molecular weight excluding hydrogens is 640 g/mol. The summed E-state index contributed by atoms with van der Waals surface area (Å²) in [6.45, 7) is 0.0859. The van der Waals surface area contributed by atoms with Crippen LogP contribution in [-0.2, 0) is 6.61 Å². The summed E-state index contributed by atoms with van der Waals surface area (Å²) in [5.74, 6) is 0.0395. The molecule has 0 fully saturated rings. The molecule has 9 nitrogen and oxygen atoms in total. The topological polar surface area (TPSA) is 120 Å². The fourth-order valence-electron chi connectivity index (χ4n) is 3.12. The van der Waals surface area contributed by atoms with Crippen molar-refractivity contribution in [2.24, 2.45) is 5.10 Å². The Morgan fingerprint density at radius 2 is 1.82 bits per heavy atom. The lowest BCUT2D eigenvalue weighted by Gasteiger charge is -2.11. The van der Waals surface area contributed by atoms with E-state index in [4.69, 9.17) is 4.74 Å². The summed E-state index contributed by atoms with van der Waals surface area (Å²) in [7, 11) is 0. The average Bonchev–Trinajstić information content (AvgIpc) is 2.79. The van der Waals surface area contributed by atoms with Crippen molar-refractivity contribution in [2.75, 3.05) is 0 Å². The number of benzene rings is 3. The lowest BCUT2D eigenvalue weighted by molar-refractivity contribution is -0.386. The molecule has 0 atom stereocenters. The summed E-state index contributed by atoms with van der Waals surface area (Å²) >= 11 is 10.1. The summed E-state index contributed by atoms with van der Waals surface area (Å²) in [5.41, 5.74) is -0.164. The number of para-hydroxylation sites is 1. The fourth-order valence-corrected chi connectivity index (χ4v) is 4.87. The van der Waals surface area contributed by atoms with E-state index >= 15 is 0 Å². The average molecular weight is 653 g/mol. The monoisotopic (exact) mass is 650 g/mol. The third kappa shape index (κ3) is 5.03. The Hall–Kier alpha value is -3.09. The minimum absolute atomic E-state index is 0.0395. The van der Waals surface area contributed by atoms with E-state index in [1.54, 1.807) is 30.3 Å². The zero-order chi connectivity index (χ0) is 24.4. The molecule has 172 valence electrons. The molecule has 0 saturated carbocycles. The van der Waals surface area contributed by atoms with E-state index in [-0.39, 0.29) is 29.0 Å². The predicted molar refractivity (Wildman–Crippen MR) is 139 cm³/mol. The minimum atomic E-state index is -0.728. The standard InChI is InChI=1S/C22H13Br3N4O5/c23-14-6-5-13(16(24)9-14)11-34-20-17(25)7-12(8-19(20)29(32)33)10-26-28-21(30)15-3-1-2-4-18(15)27-22(28)31/h1-10H,11H2,(H,27,31). The van der Waals surface area contributed by atoms with Gasteiger partial charge in [0.1, 0.15) is 6.61 Å². The number of ether oxygens (including phenoxy) is 1. The van der Waals surface area contributed by atoms with Crippen LogP contribution in [0, 0.1) is 10.1 Å². The molecule has 0 aliphatic rings. The SMILES string of the molecule is O=c1[nH]c2ccccc2c(=O)n1N=Cc1cc(Br)c(OCc2ccc(Br)cc2Br)c([N+](=O)[O-])c1. The first-order valence-corrected chi connectivity index (χ1v) is 12.0. The second kappa shape index (κ2) is 10.0. The van der Waals surface area contributed by atoms with E-state index < -0.39 is 16.2 Å². The van der Waals surface area contributed by atoms with Gasteiger partial charge in [0.15, 0.2) is 0 Å². The fraction of sp³-hybridized carbons (Fsp3) is 0.0455. The normalized spacial score (nSPS) is 11.3. The van der Waals surface area contributed by atoms with Crippen LogP contribution in [0.2, 0.25) is 0 Å². The molecule has 4 rings (SSSR count). The first-order chi connectivity index (χ1) is 16.2. The molecule has 1 aromatic heterocycles. The molecule has 0 radical (unpaired) electrons. The Kier molecular flexibility index (Phi) is 7.10. The number of H-pyrrole nitrogens is 1. The van der Waals surface area contributed by atoms with Crippen LogP contribution >= 0.6 is 47.8 Å². The van der Waals surface area contributed by atoms with Gasteiger partial charge in [0.2, 0.25) is 5.75 Å². The van der Waals surface area contributed by atoms with Gasteiger partial charge in [-0.1, -0.05) is 50.1 Å². The Bertz CT molecular complexity index is 1580. The second-order valence-electron chi connectivity index (χ2n) is 6.97. The Labute approximate surface area is 216 Å². The van der Waals surface area contributed by atoms with Crippen molar-refractivity contribution >= 4 is 70.6 Å². The van der Waals surface area contributed by atoms with Crippen molar-refractivity contribution in [1.29, 1.82) is 0 Å². The highest BCUT2D eigenvalue weighted by molar-refractivity contribution is 9.11. The first-order valence-electron chi connectivity index (χ1n) is 9.57. The summed E-state index contributed by atoms with van der Waals surface area (Å²) in [6.07, 6.45) is 1.19. The third-order valence-corrected chi connectivity index (χ3v) is 6.56. The number of aromatic amines is 1. The van der Waals surface area contributed by atoms with E-state index in [0.29, 0.717) is 14.7 Å². The molecule has 0 bridgehead atoms. The van der Waals surface area contributed by atoms with Crippen LogP contribution in [0.15, 0.2) is 82.7 Å². The van der Waals surface area contributed by atoms with Crippen LogP contribution in [0.4, 0.5) is 5.69 Å². The molecule has 0 unspecified atom stereocenters. The number of hydrogen-bond donors (Lipinski definition) is 1. The van der Waals surface area contributed by atoms with Crippen LogP contribution in [0.5, 0.6) is 5.75 Å². The van der Waals surface area contributed by atoms with E-state index in [2.05, 4.69) is 57.9 Å². The maximum absolute atomic E-state index is 12.6. The van der Waals surface area contributed by atoms with Crippen molar-refractivity contribution < 1.29 is 9.66 Å². The molecule has 0 amide bonds. The molecule has 3 aromatic carbocycles. The number of nitrogens with one attached hydrogen (secondary N) is 1. The first kappa shape index (κ1) is 24.0. The summed E-state index contributed by atoms with van der Waals surface area (Å²) < 4.78 is 8.40. The van der Waals surface area contributed by atoms with Crippen molar-refractivity contribution in [3.63, 3.8) is 0 Å². The van der Waals surface area contributed by atoms with Gasteiger partial charge >= 0.3 is 11.4 Å². The molecule has 0 aliphatic heterocycles. The Balaban J connectivity index is 1.67. The second-order valence-corrected chi connectivity index (χ2v) is 9.59. The number of fused-ring (bicyclic) bond motifs is 1. The van der Waals surface area contributed by atoms with Gasteiger partial charge < -0.3 is 9.72 Å². The number of hydrogen-bond acceptors (Lipinski definition) is 6. The van der Waals surface area contributed by atoms with Gasteiger partial charge in [-0.15, -0.1) is 4.68 Å². The quantitative estimate of drug-likeness (QED) is 0.171. The lowest BCUT2D eigenvalue weighted by atomic mass is 10.2. The molecule has 1 heterocycles. The largest absolute Gasteiger partial charge is 0.481 e. The number of aromatic nitrogens is 2. The molecular formula is C22H13Br3N4O5. The lowest BCUT2D eigenvalue weighted by Crippen LogP contribution is -2.32. The van der Waals surface area contributed by atoms with E-state index in [1.807, 2.05) is 18.2 Å². The zero-order valence-corrected chi connectivity index (χ0v) is 21.8. The number of halogens is 3. The zero-order valence-electron chi connectivity index (χ0n) is 17.0. The van der Waals surface area contributed by atoms with Gasteiger partial charge in [-0.2, -0.15) is 5.10 Å². The number of nitrogens with zero attached hydrogens (tertiary/aromatic N) is 3. The molecule has 1 N–H and O–H groups in total. The van der Waals surface area contributed by atoms with E-state index in [0.717, 1.165) is 14.5 Å². The summed E-state index contributed by atoms with van der Waals surface area (Å²) in [6, 6.07) is 14.8. The molecule has 0 saturated heterocycles. The molecule has 0 spiro atoms. The van der Waals surface area contributed by atoms with Crippen LogP contribution in [0.1, 0.15) is 11.1 Å². The predicted octanol–water partition coefficient (Wildman–Crippen LogP) is 5.35. The number of nitro benzene ring substituents is 1. The van der Waals surface area contributed by atoms with Crippen molar-refractivity contribution in [3.8, 4) is 5.75 Å². The van der Waals surface area contributed by atoms with Crippen LogP contribution in [-0.4, -0.2) is 20.8 Å². The van der Waals surface area contributed by atoms with Gasteiger partial charge in [-0.25, -0.2) is 4.79 Å². The highest BCUT2D eigenvalue weighted by Crippen LogP contribution is 2.37. The molecule has 12 heteroatoms. The van der Waals surface area contributed by atoms with E-state index in [1.165, 1.54) is 12.3 Å². The van der Waals surface area contributed by atoms with Gasteiger partial charge in [0.05, 0.1) is 26.5 Å². The maximum Gasteiger partial charge on any atom is 0.349 e. The summed E-state index contributed by atoms with van der Waals surface area (Å²) in [4.78, 5) is 38.6. The van der Waals surface area contributed by atoms with E-state index in [9.17, 15) is 19.7 Å². The van der Waals surface area contributed by atoms with Crippen molar-refractivity contribution in [1.82, 2.24) is 9.66 Å². The van der Waals surface area contributed by atoms with Crippen LogP contribution in [0.25, 0.3) is 10.9 Å². The highest BCUT2D eigenvalue weighted by Gasteiger charge is 2.21. The number of nitro groups is 1. The van der Waals surface area contributed by atoms with Crippen molar-refractivity contribution in [2.45, 2.75) is 6.61 Å². The smallest absolute Gasteiger partial charge is 0.349 e. The van der Waals surface area contributed by atoms with Gasteiger partial charge in [-0.05, 0) is 46.3 Å². The minimum Gasteiger partial charge on any atom is -0.481 e. The molecule has 34 heavy (non-hydrogen) atoms. The maximum atomic E-state index is 12.6. The third-order valence-electron chi connectivity index (χ3n) is 4.74. The van der Waals surface area contributed by atoms with Gasteiger partial charge in [-0.3, -0.25) is 14.9 Å². The van der Waals surface area contributed by atoms with Gasteiger partial charge in [0, 0.05) is 26.1 Å². The molecule has 0 aliphatic carbocycles.